The van der Waals surface area contributed by atoms with Crippen LogP contribution in [0.2, 0.25) is 0 Å². The maximum Gasteiger partial charge on any atom is 0.387 e. The first-order valence-electron chi connectivity index (χ1n) is 10.2. The molecule has 0 N–H and O–H groups in total. The van der Waals surface area contributed by atoms with Crippen molar-refractivity contribution in [3.8, 4) is 11.5 Å². The van der Waals surface area contributed by atoms with Gasteiger partial charge in [0.05, 0.1) is 30.3 Å². The fraction of sp³-hybridized carbons (Fsp3) is 0.700. The second-order valence-electron chi connectivity index (χ2n) is 8.01. The van der Waals surface area contributed by atoms with Crippen molar-refractivity contribution in [1.82, 2.24) is 9.80 Å². The van der Waals surface area contributed by atoms with Gasteiger partial charge in [-0.15, -0.1) is 0 Å². The van der Waals surface area contributed by atoms with Gasteiger partial charge in [-0.05, 0) is 39.3 Å². The molecular weight excluding hydrogens is 400 g/mol. The number of alkyl halides is 2. The first kappa shape index (κ1) is 22.6. The Labute approximate surface area is 174 Å². The van der Waals surface area contributed by atoms with Gasteiger partial charge in [-0.1, -0.05) is 0 Å². The van der Waals surface area contributed by atoms with Gasteiger partial charge in [0.15, 0.2) is 11.5 Å². The first-order chi connectivity index (χ1) is 14.3. The summed E-state index contributed by atoms with van der Waals surface area (Å²) in [6.07, 6.45) is 2.38. The number of nitrogens with zero attached hydrogens (tertiary/aromatic N) is 3. The molecule has 2 fully saturated rings. The molecule has 2 aliphatic heterocycles. The molecular formula is C20H29F2N3O5. The summed E-state index contributed by atoms with van der Waals surface area (Å²) in [6.45, 7) is 4.81. The summed E-state index contributed by atoms with van der Waals surface area (Å²) in [6, 6.07) is 2.73. The van der Waals surface area contributed by atoms with Crippen LogP contribution in [-0.4, -0.2) is 72.9 Å². The summed E-state index contributed by atoms with van der Waals surface area (Å²) >= 11 is 0. The summed E-state index contributed by atoms with van der Waals surface area (Å²) in [4.78, 5) is 15.6. The smallest absolute Gasteiger partial charge is 0.387 e. The Hall–Kier alpha value is -2.04. The van der Waals surface area contributed by atoms with Crippen LogP contribution in [0, 0.1) is 10.1 Å². The molecule has 0 bridgehead atoms. The number of halogens is 2. The Morgan fingerprint density at radius 2 is 1.97 bits per heavy atom. The fourth-order valence-corrected chi connectivity index (χ4v) is 4.50. The van der Waals surface area contributed by atoms with E-state index in [0.717, 1.165) is 45.1 Å². The molecule has 3 atom stereocenters. The second-order valence-corrected chi connectivity index (χ2v) is 8.01. The summed E-state index contributed by atoms with van der Waals surface area (Å²) < 4.78 is 40.6. The van der Waals surface area contributed by atoms with Crippen LogP contribution in [0.4, 0.5) is 14.5 Å². The molecule has 168 valence electrons. The zero-order chi connectivity index (χ0) is 21.8. The molecule has 0 radical (unpaired) electrons. The van der Waals surface area contributed by atoms with Gasteiger partial charge < -0.3 is 14.2 Å². The third-order valence-electron chi connectivity index (χ3n) is 5.61. The molecule has 2 saturated heterocycles. The summed E-state index contributed by atoms with van der Waals surface area (Å²) in [5.41, 5.74) is 0.180. The minimum Gasteiger partial charge on any atom is -0.493 e. The third kappa shape index (κ3) is 5.55. The van der Waals surface area contributed by atoms with E-state index < -0.39 is 11.5 Å². The van der Waals surface area contributed by atoms with Gasteiger partial charge in [-0.3, -0.25) is 19.9 Å². The number of hydrogen-bond donors (Lipinski definition) is 0. The van der Waals surface area contributed by atoms with Crippen molar-refractivity contribution >= 4 is 5.69 Å². The molecule has 2 heterocycles. The van der Waals surface area contributed by atoms with E-state index in [1.807, 2.05) is 0 Å². The molecule has 0 aliphatic carbocycles. The van der Waals surface area contributed by atoms with Gasteiger partial charge in [0.2, 0.25) is 0 Å². The van der Waals surface area contributed by atoms with E-state index in [4.69, 9.17) is 9.47 Å². The van der Waals surface area contributed by atoms with Gasteiger partial charge >= 0.3 is 6.61 Å². The average molecular weight is 429 g/mol. The van der Waals surface area contributed by atoms with Crippen LogP contribution in [0.3, 0.4) is 0 Å². The lowest BCUT2D eigenvalue weighted by Crippen LogP contribution is -2.50. The van der Waals surface area contributed by atoms with Crippen LogP contribution in [0.1, 0.15) is 32.3 Å². The van der Waals surface area contributed by atoms with Crippen molar-refractivity contribution in [2.75, 3.05) is 33.3 Å². The Balaban J connectivity index is 1.77. The Morgan fingerprint density at radius 3 is 2.57 bits per heavy atom. The molecule has 1 aromatic rings. The van der Waals surface area contributed by atoms with E-state index in [2.05, 4.69) is 28.4 Å². The molecule has 0 spiro atoms. The highest BCUT2D eigenvalue weighted by atomic mass is 19.3. The van der Waals surface area contributed by atoms with Crippen molar-refractivity contribution in [3.63, 3.8) is 0 Å². The van der Waals surface area contributed by atoms with Crippen LogP contribution in [0.25, 0.3) is 0 Å². The van der Waals surface area contributed by atoms with E-state index in [9.17, 15) is 18.9 Å². The Bertz CT molecular complexity index is 741. The molecule has 2 aliphatic rings. The molecule has 8 nitrogen and oxygen atoms in total. The van der Waals surface area contributed by atoms with Crippen molar-refractivity contribution < 1.29 is 27.9 Å². The van der Waals surface area contributed by atoms with Crippen LogP contribution in [0.15, 0.2) is 12.1 Å². The van der Waals surface area contributed by atoms with Crippen LogP contribution >= 0.6 is 0 Å². The third-order valence-corrected chi connectivity index (χ3v) is 5.61. The lowest BCUT2D eigenvalue weighted by molar-refractivity contribution is -0.385. The lowest BCUT2D eigenvalue weighted by Gasteiger charge is -2.38. The quantitative estimate of drug-likeness (QED) is 0.464. The van der Waals surface area contributed by atoms with Gasteiger partial charge in [-0.25, -0.2) is 0 Å². The number of benzene rings is 1. The molecule has 3 unspecified atom stereocenters. The maximum atomic E-state index is 12.7. The number of morpholine rings is 1. The SMILES string of the molecule is COc1cc(CN2CCCC2CN2CC(C)OC(C)C2)c([N+](=O)[O-])cc1OC(F)F. The fourth-order valence-electron chi connectivity index (χ4n) is 4.50. The predicted octanol–water partition coefficient (Wildman–Crippen LogP) is 3.28. The highest BCUT2D eigenvalue weighted by Gasteiger charge is 2.32. The zero-order valence-corrected chi connectivity index (χ0v) is 17.6. The summed E-state index contributed by atoms with van der Waals surface area (Å²) in [7, 11) is 1.32. The molecule has 1 aromatic carbocycles. The largest absolute Gasteiger partial charge is 0.493 e. The molecule has 0 saturated carbocycles. The number of nitro benzene ring substituents is 1. The Kier molecular flexibility index (Phi) is 7.43. The second kappa shape index (κ2) is 9.84. The average Bonchev–Trinajstić information content (AvgIpc) is 3.07. The highest BCUT2D eigenvalue weighted by molar-refractivity contribution is 5.54. The molecule has 10 heteroatoms. The Morgan fingerprint density at radius 1 is 1.27 bits per heavy atom. The summed E-state index contributed by atoms with van der Waals surface area (Å²) in [5.74, 6) is -0.278. The van der Waals surface area contributed by atoms with E-state index in [-0.39, 0.29) is 35.4 Å². The number of nitro groups is 1. The minimum atomic E-state index is -3.09. The van der Waals surface area contributed by atoms with E-state index >= 15 is 0 Å². The van der Waals surface area contributed by atoms with Crippen LogP contribution < -0.4 is 9.47 Å². The van der Waals surface area contributed by atoms with Crippen molar-refractivity contribution in [2.24, 2.45) is 0 Å². The molecule has 0 amide bonds. The number of rotatable bonds is 8. The standard InChI is InChI=1S/C20H29F2N3O5/c1-13-9-23(10-14(2)29-13)12-16-5-4-6-24(16)11-15-7-18(28-3)19(30-20(21)22)8-17(15)25(26)27/h7-8,13-14,16,20H,4-6,9-12H2,1-3H3. The molecule has 0 aromatic heterocycles. The van der Waals surface area contributed by atoms with E-state index in [0.29, 0.717) is 12.1 Å². The number of likely N-dealkylation sites (tertiary alicyclic amines) is 1. The number of ether oxygens (including phenoxy) is 3. The zero-order valence-electron chi connectivity index (χ0n) is 17.6. The van der Waals surface area contributed by atoms with Crippen LogP contribution in [-0.2, 0) is 11.3 Å². The topological polar surface area (TPSA) is 77.3 Å². The van der Waals surface area contributed by atoms with Crippen molar-refractivity contribution in [1.29, 1.82) is 0 Å². The normalized spacial score (nSPS) is 25.6. The maximum absolute atomic E-state index is 12.7. The first-order valence-corrected chi connectivity index (χ1v) is 10.2. The van der Waals surface area contributed by atoms with Gasteiger partial charge in [0.1, 0.15) is 0 Å². The van der Waals surface area contributed by atoms with E-state index in [1.54, 1.807) is 0 Å². The summed E-state index contributed by atoms with van der Waals surface area (Å²) in [5, 5.41) is 11.6. The van der Waals surface area contributed by atoms with Gasteiger partial charge in [0, 0.05) is 37.8 Å². The lowest BCUT2D eigenvalue weighted by atomic mass is 10.1. The molecule has 30 heavy (non-hydrogen) atoms. The number of methoxy groups -OCH3 is 1. The van der Waals surface area contributed by atoms with Crippen molar-refractivity contribution in [3.05, 3.63) is 27.8 Å². The predicted molar refractivity (Wildman–Crippen MR) is 106 cm³/mol. The van der Waals surface area contributed by atoms with Crippen LogP contribution in [0.5, 0.6) is 11.5 Å². The number of hydrogen-bond acceptors (Lipinski definition) is 7. The monoisotopic (exact) mass is 429 g/mol. The van der Waals surface area contributed by atoms with E-state index in [1.165, 1.54) is 13.2 Å². The van der Waals surface area contributed by atoms with Crippen molar-refractivity contribution in [2.45, 2.75) is 58.1 Å². The molecule has 3 rings (SSSR count). The minimum absolute atomic E-state index is 0.0578. The van der Waals surface area contributed by atoms with Gasteiger partial charge in [0.25, 0.3) is 5.69 Å². The highest BCUT2D eigenvalue weighted by Crippen LogP contribution is 2.37. The van der Waals surface area contributed by atoms with Gasteiger partial charge in [-0.2, -0.15) is 8.78 Å².